The minimum atomic E-state index is 0. The summed E-state index contributed by atoms with van der Waals surface area (Å²) in [6, 6.07) is 21.2. The van der Waals surface area contributed by atoms with Crippen LogP contribution in [0.3, 0.4) is 0 Å². The van der Waals surface area contributed by atoms with Crippen LogP contribution in [0.15, 0.2) is 110 Å². The number of aromatic nitrogens is 6. The van der Waals surface area contributed by atoms with Gasteiger partial charge in [0, 0.05) is 56.7 Å². The zero-order valence-electron chi connectivity index (χ0n) is 14.5. The zero-order chi connectivity index (χ0) is 18.1. The number of hydrogen-bond donors (Lipinski definition) is 2. The van der Waals surface area contributed by atoms with E-state index in [1.807, 2.05) is 66.7 Å². The Morgan fingerprint density at radius 1 is 0.630 bits per heavy atom. The van der Waals surface area contributed by atoms with Crippen molar-refractivity contribution in [2.45, 2.75) is 0 Å². The molecule has 0 atom stereocenters. The Hall–Kier alpha value is -3.18. The van der Waals surface area contributed by atoms with Crippen LogP contribution in [-0.2, 0) is 19.5 Å². The molecule has 1 aromatic carbocycles. The van der Waals surface area contributed by atoms with Gasteiger partial charge in [-0.05, 0) is 42.5 Å². The van der Waals surface area contributed by atoms with E-state index < -0.39 is 0 Å². The van der Waals surface area contributed by atoms with E-state index in [2.05, 4.69) is 30.1 Å². The normalized spacial score (nSPS) is 8.44. The number of imidazole rings is 1. The second-order valence-electron chi connectivity index (χ2n) is 4.74. The fraction of sp³-hybridized carbons (Fsp3) is 0. The summed E-state index contributed by atoms with van der Waals surface area (Å²) in [5.74, 6) is 0. The van der Waals surface area contributed by atoms with E-state index >= 15 is 0 Å². The first-order valence-corrected chi connectivity index (χ1v) is 7.98. The van der Waals surface area contributed by atoms with Crippen molar-refractivity contribution in [3.05, 3.63) is 110 Å². The van der Waals surface area contributed by atoms with E-state index in [4.69, 9.17) is 0 Å². The molecule has 0 bridgehead atoms. The van der Waals surface area contributed by atoms with Crippen LogP contribution >= 0.6 is 0 Å². The van der Waals surface area contributed by atoms with Gasteiger partial charge in [-0.3, -0.25) is 15.1 Å². The molecule has 0 saturated heterocycles. The molecular weight excluding hydrogens is 425 g/mol. The average molecular weight is 445 g/mol. The molecule has 0 radical (unpaired) electrons. The number of nitrogens with one attached hydrogen (secondary N) is 2. The van der Waals surface area contributed by atoms with Gasteiger partial charge < -0.3 is 4.98 Å². The van der Waals surface area contributed by atoms with Crippen LogP contribution in [0.5, 0.6) is 0 Å². The molecule has 0 spiro atoms. The summed E-state index contributed by atoms with van der Waals surface area (Å²) in [6.07, 6.45) is 12.2. The van der Waals surface area contributed by atoms with E-state index in [1.54, 1.807) is 43.5 Å². The predicted octanol–water partition coefficient (Wildman–Crippen LogP) is 4.13. The summed E-state index contributed by atoms with van der Waals surface area (Å²) in [6.45, 7) is 0. The third kappa shape index (κ3) is 10.4. The molecule has 0 aliphatic rings. The molecule has 5 aromatic rings. The molecule has 2 N–H and O–H groups in total. The van der Waals surface area contributed by atoms with Gasteiger partial charge >= 0.3 is 0 Å². The first-order chi connectivity index (χ1) is 13.0. The van der Waals surface area contributed by atoms with Crippen LogP contribution in [0.2, 0.25) is 0 Å². The van der Waals surface area contributed by atoms with Crippen molar-refractivity contribution in [3.8, 4) is 0 Å². The Labute approximate surface area is 170 Å². The van der Waals surface area contributed by atoms with Gasteiger partial charge in [0.15, 0.2) is 0 Å². The molecule has 138 valence electrons. The second kappa shape index (κ2) is 15.1. The Bertz CT molecular complexity index is 763. The number of aromatic amines is 2. The number of para-hydroxylation sites is 2. The van der Waals surface area contributed by atoms with E-state index in [0.717, 1.165) is 11.0 Å². The summed E-state index contributed by atoms with van der Waals surface area (Å²) < 4.78 is 0. The number of H-pyrrole nitrogens is 2. The van der Waals surface area contributed by atoms with Crippen LogP contribution in [0.1, 0.15) is 0 Å². The fourth-order valence-corrected chi connectivity index (χ4v) is 1.72. The minimum Gasteiger partial charge on any atom is -0.345 e. The second-order valence-corrected chi connectivity index (χ2v) is 4.74. The number of rotatable bonds is 0. The van der Waals surface area contributed by atoms with Crippen LogP contribution in [0, 0.1) is 0 Å². The summed E-state index contributed by atoms with van der Waals surface area (Å²) in [5.41, 5.74) is 2.12. The van der Waals surface area contributed by atoms with Gasteiger partial charge in [0.05, 0.1) is 17.4 Å². The minimum absolute atomic E-state index is 0. The van der Waals surface area contributed by atoms with Crippen molar-refractivity contribution in [3.63, 3.8) is 0 Å². The molecule has 5 rings (SSSR count). The SMILES string of the molecule is [Ru].c1ccc2[nH]cnc2c1.c1ccncc1.c1ccncc1.c1cn[nH]c1. The number of hydrogen-bond acceptors (Lipinski definition) is 4. The average Bonchev–Trinajstić information content (AvgIpc) is 3.46. The van der Waals surface area contributed by atoms with Crippen molar-refractivity contribution in [1.29, 1.82) is 0 Å². The van der Waals surface area contributed by atoms with Gasteiger partial charge in [0.25, 0.3) is 0 Å². The topological polar surface area (TPSA) is 83.1 Å². The molecule has 27 heavy (non-hydrogen) atoms. The summed E-state index contributed by atoms with van der Waals surface area (Å²) >= 11 is 0. The third-order valence-electron chi connectivity index (χ3n) is 2.87. The summed E-state index contributed by atoms with van der Waals surface area (Å²) in [7, 11) is 0. The molecule has 7 heteroatoms. The molecule has 0 amide bonds. The Kier molecular flexibility index (Phi) is 12.2. The van der Waals surface area contributed by atoms with Crippen molar-refractivity contribution < 1.29 is 19.5 Å². The molecule has 0 fully saturated rings. The maximum Gasteiger partial charge on any atom is 0.0931 e. The van der Waals surface area contributed by atoms with Crippen LogP contribution in [0.25, 0.3) is 11.0 Å². The van der Waals surface area contributed by atoms with Crippen molar-refractivity contribution in [1.82, 2.24) is 30.1 Å². The number of fused-ring (bicyclic) bond motifs is 1. The first-order valence-electron chi connectivity index (χ1n) is 7.98. The van der Waals surface area contributed by atoms with E-state index in [9.17, 15) is 0 Å². The van der Waals surface area contributed by atoms with Gasteiger partial charge in [-0.2, -0.15) is 5.10 Å². The molecule has 0 aliphatic heterocycles. The zero-order valence-corrected chi connectivity index (χ0v) is 16.3. The number of benzene rings is 1. The molecule has 4 heterocycles. The molecule has 0 unspecified atom stereocenters. The Balaban J connectivity index is 0.000000183. The molecule has 6 nitrogen and oxygen atoms in total. The quantitative estimate of drug-likeness (QED) is 0.351. The maximum atomic E-state index is 4.06. The van der Waals surface area contributed by atoms with Crippen LogP contribution < -0.4 is 0 Å². The first kappa shape index (κ1) is 21.9. The molecule has 0 saturated carbocycles. The van der Waals surface area contributed by atoms with Crippen molar-refractivity contribution >= 4 is 11.0 Å². The van der Waals surface area contributed by atoms with Gasteiger partial charge in [-0.1, -0.05) is 24.3 Å². The summed E-state index contributed by atoms with van der Waals surface area (Å²) in [4.78, 5) is 14.6. The summed E-state index contributed by atoms with van der Waals surface area (Å²) in [5, 5.41) is 6.21. The Morgan fingerprint density at radius 2 is 1.26 bits per heavy atom. The van der Waals surface area contributed by atoms with Crippen LogP contribution in [0.4, 0.5) is 0 Å². The van der Waals surface area contributed by atoms with Crippen molar-refractivity contribution in [2.75, 3.05) is 0 Å². The van der Waals surface area contributed by atoms with Gasteiger partial charge in [0.2, 0.25) is 0 Å². The van der Waals surface area contributed by atoms with E-state index in [-0.39, 0.29) is 19.5 Å². The maximum absolute atomic E-state index is 4.06. The van der Waals surface area contributed by atoms with Crippen molar-refractivity contribution in [2.24, 2.45) is 0 Å². The number of pyridine rings is 2. The van der Waals surface area contributed by atoms with Gasteiger partial charge in [-0.25, -0.2) is 4.98 Å². The molecular formula is C20H20N6Ru. The standard InChI is InChI=1S/C7H6N2.2C5H5N.C3H4N2.Ru/c1-2-4-7-6(3-1)8-5-9-7;2*1-2-4-6-5-3-1;1-2-4-5-3-1;/h1-5H,(H,8,9);2*1-5H;1-3H,(H,4,5);. The van der Waals surface area contributed by atoms with E-state index in [1.165, 1.54) is 0 Å². The fourth-order valence-electron chi connectivity index (χ4n) is 1.72. The van der Waals surface area contributed by atoms with Crippen LogP contribution in [-0.4, -0.2) is 30.1 Å². The number of nitrogens with zero attached hydrogens (tertiary/aromatic N) is 4. The van der Waals surface area contributed by atoms with Gasteiger partial charge in [-0.15, -0.1) is 0 Å². The predicted molar refractivity (Wildman–Crippen MR) is 103 cm³/mol. The molecule has 4 aromatic heterocycles. The smallest absolute Gasteiger partial charge is 0.0931 e. The monoisotopic (exact) mass is 446 g/mol. The Morgan fingerprint density at radius 3 is 1.63 bits per heavy atom. The molecule has 0 aliphatic carbocycles. The third-order valence-corrected chi connectivity index (χ3v) is 2.87. The van der Waals surface area contributed by atoms with Gasteiger partial charge in [0.1, 0.15) is 0 Å². The van der Waals surface area contributed by atoms with E-state index in [0.29, 0.717) is 0 Å². The largest absolute Gasteiger partial charge is 0.345 e.